The number of hydrogen-bond acceptors (Lipinski definition) is 3. The average Bonchev–Trinajstić information content (AvgIpc) is 2.40. The van der Waals surface area contributed by atoms with Crippen LogP contribution in [0, 0.1) is 5.82 Å². The number of hydrogen-bond donors (Lipinski definition) is 1. The lowest BCUT2D eigenvalue weighted by atomic mass is 10.1. The molecule has 4 nitrogen and oxygen atoms in total. The van der Waals surface area contributed by atoms with E-state index in [0.29, 0.717) is 18.1 Å². The zero-order valence-corrected chi connectivity index (χ0v) is 13.2. The summed E-state index contributed by atoms with van der Waals surface area (Å²) in [5.74, 6) is -0.774. The molecule has 1 aliphatic heterocycles. The molecule has 1 fully saturated rings. The lowest BCUT2D eigenvalue weighted by molar-refractivity contribution is -0.126. The maximum atomic E-state index is 13.7. The fourth-order valence-corrected chi connectivity index (χ4v) is 2.69. The molecule has 3 atom stereocenters. The van der Waals surface area contributed by atoms with Crippen LogP contribution in [0.3, 0.4) is 0 Å². The first kappa shape index (κ1) is 16.2. The fraction of sp³-hybridized carbons (Fsp3) is 0.533. The summed E-state index contributed by atoms with van der Waals surface area (Å²) in [4.78, 5) is 14.3. The summed E-state index contributed by atoms with van der Waals surface area (Å²) >= 11 is 5.70. The molecule has 1 aromatic carbocycles. The predicted octanol–water partition coefficient (Wildman–Crippen LogP) is 2.92. The van der Waals surface area contributed by atoms with E-state index in [0.717, 1.165) is 0 Å². The molecule has 0 bridgehead atoms. The summed E-state index contributed by atoms with van der Waals surface area (Å²) in [6.45, 7) is 7.14. The summed E-state index contributed by atoms with van der Waals surface area (Å²) in [5, 5.41) is 2.91. The van der Waals surface area contributed by atoms with Gasteiger partial charge in [-0.3, -0.25) is 9.69 Å². The van der Waals surface area contributed by atoms with Gasteiger partial charge >= 0.3 is 0 Å². The molecule has 2 rings (SSSR count). The smallest absolute Gasteiger partial charge is 0.241 e. The normalized spacial score (nSPS) is 24.6. The minimum atomic E-state index is -0.535. The summed E-state index contributed by atoms with van der Waals surface area (Å²) in [6, 6.07) is 3.84. The zero-order chi connectivity index (χ0) is 15.6. The molecule has 1 aromatic rings. The quantitative estimate of drug-likeness (QED) is 0.932. The van der Waals surface area contributed by atoms with Gasteiger partial charge in [0.05, 0.1) is 23.9 Å². The standard InChI is InChI=1S/C15H20ClFN2O2/c1-9-7-19(8-10(2)21-9)11(3)15(20)18-14-5-4-12(16)6-13(14)17/h4-6,9-11H,7-8H2,1-3H3,(H,18,20)/t9-,10-,11-/m0/s1. The van der Waals surface area contributed by atoms with Crippen LogP contribution in [0.4, 0.5) is 10.1 Å². The number of morpholine rings is 1. The number of ether oxygens (including phenoxy) is 1. The second-order valence-electron chi connectivity index (χ2n) is 5.50. The first-order valence-corrected chi connectivity index (χ1v) is 7.40. The van der Waals surface area contributed by atoms with Crippen molar-refractivity contribution in [1.29, 1.82) is 0 Å². The molecule has 0 aliphatic carbocycles. The van der Waals surface area contributed by atoms with Crippen molar-refractivity contribution in [1.82, 2.24) is 4.90 Å². The number of amides is 1. The first-order chi connectivity index (χ1) is 9.86. The van der Waals surface area contributed by atoms with Crippen LogP contribution in [0.25, 0.3) is 0 Å². The molecule has 1 aliphatic rings. The number of rotatable bonds is 3. The maximum Gasteiger partial charge on any atom is 0.241 e. The second kappa shape index (κ2) is 6.73. The minimum Gasteiger partial charge on any atom is -0.373 e. The highest BCUT2D eigenvalue weighted by atomic mass is 35.5. The average molecular weight is 315 g/mol. The Morgan fingerprint density at radius 3 is 2.62 bits per heavy atom. The molecule has 1 saturated heterocycles. The topological polar surface area (TPSA) is 41.6 Å². The van der Waals surface area contributed by atoms with Crippen LogP contribution in [0.1, 0.15) is 20.8 Å². The molecule has 21 heavy (non-hydrogen) atoms. The van der Waals surface area contributed by atoms with E-state index in [1.165, 1.54) is 12.1 Å². The van der Waals surface area contributed by atoms with E-state index in [1.807, 2.05) is 25.7 Å². The van der Waals surface area contributed by atoms with Gasteiger partial charge in [0, 0.05) is 18.1 Å². The highest BCUT2D eigenvalue weighted by molar-refractivity contribution is 6.30. The Morgan fingerprint density at radius 1 is 1.43 bits per heavy atom. The summed E-state index contributed by atoms with van der Waals surface area (Å²) < 4.78 is 19.4. The Bertz CT molecular complexity index is 516. The molecule has 0 spiro atoms. The first-order valence-electron chi connectivity index (χ1n) is 7.02. The van der Waals surface area contributed by atoms with Crippen LogP contribution in [0.2, 0.25) is 5.02 Å². The number of nitrogens with zero attached hydrogens (tertiary/aromatic N) is 1. The van der Waals surface area contributed by atoms with E-state index in [9.17, 15) is 9.18 Å². The summed E-state index contributed by atoms with van der Waals surface area (Å²) in [7, 11) is 0. The van der Waals surface area contributed by atoms with Gasteiger partial charge in [0.25, 0.3) is 0 Å². The van der Waals surface area contributed by atoms with E-state index in [4.69, 9.17) is 16.3 Å². The van der Waals surface area contributed by atoms with Gasteiger partial charge in [-0.15, -0.1) is 0 Å². The minimum absolute atomic E-state index is 0.0799. The Hall–Kier alpha value is -1.17. The van der Waals surface area contributed by atoms with Gasteiger partial charge in [0.2, 0.25) is 5.91 Å². The fourth-order valence-electron chi connectivity index (χ4n) is 2.53. The number of halogens is 2. The highest BCUT2D eigenvalue weighted by Crippen LogP contribution is 2.20. The van der Waals surface area contributed by atoms with Crippen LogP contribution in [0.5, 0.6) is 0 Å². The van der Waals surface area contributed by atoms with Crippen molar-refractivity contribution in [2.75, 3.05) is 18.4 Å². The van der Waals surface area contributed by atoms with E-state index < -0.39 is 5.82 Å². The Labute approximate surface area is 129 Å². The second-order valence-corrected chi connectivity index (χ2v) is 5.94. The number of anilines is 1. The molecule has 1 N–H and O–H groups in total. The lowest BCUT2D eigenvalue weighted by Crippen LogP contribution is -2.52. The van der Waals surface area contributed by atoms with Gasteiger partial charge in [-0.1, -0.05) is 11.6 Å². The van der Waals surface area contributed by atoms with Crippen molar-refractivity contribution in [2.45, 2.75) is 39.0 Å². The third kappa shape index (κ3) is 4.15. The molecule has 116 valence electrons. The summed E-state index contributed by atoms with van der Waals surface area (Å²) in [5.41, 5.74) is 0.144. The van der Waals surface area contributed by atoms with Crippen LogP contribution >= 0.6 is 11.6 Å². The SMILES string of the molecule is C[C@H]1CN([C@@H](C)C(=O)Nc2ccc(Cl)cc2F)C[C@H](C)O1. The Kier molecular flexibility index (Phi) is 5.19. The predicted molar refractivity (Wildman–Crippen MR) is 81.1 cm³/mol. The Balaban J connectivity index is 2.02. The van der Waals surface area contributed by atoms with Crippen molar-refractivity contribution in [3.05, 3.63) is 29.0 Å². The molecular formula is C15H20ClFN2O2. The summed E-state index contributed by atoms with van der Waals surface area (Å²) in [6.07, 6.45) is 0.160. The van der Waals surface area contributed by atoms with Crippen LogP contribution in [0.15, 0.2) is 18.2 Å². The molecule has 1 amide bonds. The van der Waals surface area contributed by atoms with Crippen molar-refractivity contribution >= 4 is 23.2 Å². The van der Waals surface area contributed by atoms with Gasteiger partial charge in [-0.2, -0.15) is 0 Å². The molecule has 0 saturated carbocycles. The number of benzene rings is 1. The zero-order valence-electron chi connectivity index (χ0n) is 12.4. The third-order valence-corrected chi connectivity index (χ3v) is 3.80. The van der Waals surface area contributed by atoms with Crippen molar-refractivity contribution < 1.29 is 13.9 Å². The van der Waals surface area contributed by atoms with Gasteiger partial charge in [-0.05, 0) is 39.0 Å². The number of carbonyl (C=O) groups is 1. The third-order valence-electron chi connectivity index (χ3n) is 3.56. The van der Waals surface area contributed by atoms with Gasteiger partial charge in [-0.25, -0.2) is 4.39 Å². The monoisotopic (exact) mass is 314 g/mol. The molecule has 0 radical (unpaired) electrons. The van der Waals surface area contributed by atoms with E-state index >= 15 is 0 Å². The van der Waals surface area contributed by atoms with Crippen molar-refractivity contribution in [3.63, 3.8) is 0 Å². The van der Waals surface area contributed by atoms with Crippen molar-refractivity contribution in [2.24, 2.45) is 0 Å². The van der Waals surface area contributed by atoms with Gasteiger partial charge in [0.1, 0.15) is 5.82 Å². The van der Waals surface area contributed by atoms with Crippen LogP contribution in [-0.4, -0.2) is 42.1 Å². The Morgan fingerprint density at radius 2 is 2.05 bits per heavy atom. The molecule has 0 unspecified atom stereocenters. The van der Waals surface area contributed by atoms with E-state index in [1.54, 1.807) is 6.07 Å². The largest absolute Gasteiger partial charge is 0.373 e. The molecular weight excluding hydrogens is 295 g/mol. The van der Waals surface area contributed by atoms with Gasteiger partial charge in [0.15, 0.2) is 0 Å². The van der Waals surface area contributed by atoms with Crippen LogP contribution < -0.4 is 5.32 Å². The van der Waals surface area contributed by atoms with E-state index in [2.05, 4.69) is 5.32 Å². The molecule has 1 heterocycles. The van der Waals surface area contributed by atoms with E-state index in [-0.39, 0.29) is 29.8 Å². The van der Waals surface area contributed by atoms with Gasteiger partial charge < -0.3 is 10.1 Å². The maximum absolute atomic E-state index is 13.7. The number of carbonyl (C=O) groups excluding carboxylic acids is 1. The number of nitrogens with one attached hydrogen (secondary N) is 1. The molecule has 6 heteroatoms. The molecule has 0 aromatic heterocycles. The lowest BCUT2D eigenvalue weighted by Gasteiger charge is -2.38. The highest BCUT2D eigenvalue weighted by Gasteiger charge is 2.29. The van der Waals surface area contributed by atoms with Crippen LogP contribution in [-0.2, 0) is 9.53 Å². The van der Waals surface area contributed by atoms with Crippen molar-refractivity contribution in [3.8, 4) is 0 Å².